The molecule has 1 aromatic heterocycles. The van der Waals surface area contributed by atoms with E-state index in [1.165, 1.54) is 11.8 Å². The van der Waals surface area contributed by atoms with E-state index in [9.17, 15) is 4.79 Å². The Kier molecular flexibility index (Phi) is 7.08. The molecule has 0 aliphatic carbocycles. The zero-order valence-corrected chi connectivity index (χ0v) is 17.4. The van der Waals surface area contributed by atoms with Crippen molar-refractivity contribution < 1.29 is 9.53 Å². The normalized spacial score (nSPS) is 11.7. The fraction of sp³-hybridized carbons (Fsp3) is 0.227. The lowest BCUT2D eigenvalue weighted by molar-refractivity contribution is -0.119. The van der Waals surface area contributed by atoms with Crippen molar-refractivity contribution in [2.45, 2.75) is 24.7 Å². The number of allylic oxidation sites excluding steroid dienone is 1. The summed E-state index contributed by atoms with van der Waals surface area (Å²) < 4.78 is 7.16. The van der Waals surface area contributed by atoms with Crippen molar-refractivity contribution >= 4 is 17.7 Å². The maximum absolute atomic E-state index is 12.4. The number of rotatable bonds is 9. The molecule has 1 heterocycles. The van der Waals surface area contributed by atoms with Crippen molar-refractivity contribution in [1.29, 1.82) is 0 Å². The molecule has 0 aliphatic heterocycles. The van der Waals surface area contributed by atoms with Gasteiger partial charge in [0.25, 0.3) is 0 Å². The third-order valence-corrected chi connectivity index (χ3v) is 5.35. The van der Waals surface area contributed by atoms with Crippen molar-refractivity contribution in [3.63, 3.8) is 0 Å². The van der Waals surface area contributed by atoms with Gasteiger partial charge in [0.1, 0.15) is 5.75 Å². The van der Waals surface area contributed by atoms with Gasteiger partial charge in [0.2, 0.25) is 5.91 Å². The smallest absolute Gasteiger partial charge is 0.230 e. The Balaban J connectivity index is 1.68. The van der Waals surface area contributed by atoms with Gasteiger partial charge in [0.15, 0.2) is 11.0 Å². The first-order chi connectivity index (χ1) is 14.1. The highest BCUT2D eigenvalue weighted by atomic mass is 32.2. The van der Waals surface area contributed by atoms with Crippen LogP contribution in [0.25, 0.3) is 11.4 Å². The van der Waals surface area contributed by atoms with Crippen molar-refractivity contribution in [2.75, 3.05) is 12.9 Å². The molecule has 0 fully saturated rings. The highest BCUT2D eigenvalue weighted by Gasteiger charge is 2.16. The van der Waals surface area contributed by atoms with Crippen LogP contribution in [0.1, 0.15) is 18.5 Å². The van der Waals surface area contributed by atoms with E-state index in [2.05, 4.69) is 22.1 Å². The number of methoxy groups -OCH3 is 1. The van der Waals surface area contributed by atoms with E-state index in [1.807, 2.05) is 66.1 Å². The number of ether oxygens (including phenoxy) is 1. The van der Waals surface area contributed by atoms with Crippen LogP contribution in [0.15, 0.2) is 72.4 Å². The Hall–Kier alpha value is -3.06. The highest BCUT2D eigenvalue weighted by Crippen LogP contribution is 2.25. The molecule has 0 unspecified atom stereocenters. The molecule has 1 N–H and O–H groups in total. The fourth-order valence-electron chi connectivity index (χ4n) is 2.88. The van der Waals surface area contributed by atoms with Crippen LogP contribution in [0.4, 0.5) is 0 Å². The van der Waals surface area contributed by atoms with Gasteiger partial charge in [0, 0.05) is 12.1 Å². The lowest BCUT2D eigenvalue weighted by Gasteiger charge is -2.14. The Morgan fingerprint density at radius 2 is 1.93 bits per heavy atom. The minimum Gasteiger partial charge on any atom is -0.497 e. The van der Waals surface area contributed by atoms with E-state index in [0.29, 0.717) is 11.7 Å². The predicted molar refractivity (Wildman–Crippen MR) is 116 cm³/mol. The van der Waals surface area contributed by atoms with Crippen LogP contribution in [-0.4, -0.2) is 33.5 Å². The molecule has 3 rings (SSSR count). The van der Waals surface area contributed by atoms with Gasteiger partial charge in [-0.15, -0.1) is 16.8 Å². The first kappa shape index (κ1) is 20.7. The van der Waals surface area contributed by atoms with Crippen LogP contribution in [0.2, 0.25) is 0 Å². The molecule has 29 heavy (non-hydrogen) atoms. The number of nitrogens with one attached hydrogen (secondary N) is 1. The second-order valence-corrected chi connectivity index (χ2v) is 7.37. The second-order valence-electron chi connectivity index (χ2n) is 6.42. The van der Waals surface area contributed by atoms with Gasteiger partial charge in [-0.25, -0.2) is 0 Å². The van der Waals surface area contributed by atoms with Gasteiger partial charge < -0.3 is 10.1 Å². The molecule has 150 valence electrons. The molecule has 1 atom stereocenters. The standard InChI is InChI=1S/C22H24N4O2S/c1-4-14-26-21(18-10-12-19(28-3)13-11-18)24-25-22(26)29-15-20(27)23-16(2)17-8-6-5-7-9-17/h4-13,16H,1,14-15H2,2-3H3,(H,23,27)/t16-/m1/s1. The van der Waals surface area contributed by atoms with Gasteiger partial charge in [0.05, 0.1) is 18.9 Å². The highest BCUT2D eigenvalue weighted by molar-refractivity contribution is 7.99. The van der Waals surface area contributed by atoms with Gasteiger partial charge >= 0.3 is 0 Å². The fourth-order valence-corrected chi connectivity index (χ4v) is 3.64. The Bertz CT molecular complexity index is 955. The van der Waals surface area contributed by atoms with Gasteiger partial charge in [-0.05, 0) is 36.8 Å². The zero-order valence-electron chi connectivity index (χ0n) is 16.5. The molecule has 0 bridgehead atoms. The number of thioether (sulfide) groups is 1. The Morgan fingerprint density at radius 1 is 1.21 bits per heavy atom. The zero-order chi connectivity index (χ0) is 20.6. The van der Waals surface area contributed by atoms with Crippen molar-refractivity contribution in [3.05, 3.63) is 72.8 Å². The molecule has 1 amide bonds. The van der Waals surface area contributed by atoms with E-state index in [4.69, 9.17) is 4.74 Å². The van der Waals surface area contributed by atoms with Crippen LogP contribution in [-0.2, 0) is 11.3 Å². The molecule has 0 radical (unpaired) electrons. The maximum Gasteiger partial charge on any atom is 0.230 e. The molecule has 0 spiro atoms. The SMILES string of the molecule is C=CCn1c(SCC(=O)N[C@H](C)c2ccccc2)nnc1-c1ccc(OC)cc1. The summed E-state index contributed by atoms with van der Waals surface area (Å²) in [6.07, 6.45) is 1.79. The summed E-state index contributed by atoms with van der Waals surface area (Å²) in [5.74, 6) is 1.72. The summed E-state index contributed by atoms with van der Waals surface area (Å²) in [7, 11) is 1.63. The summed E-state index contributed by atoms with van der Waals surface area (Å²) >= 11 is 1.36. The summed E-state index contributed by atoms with van der Waals surface area (Å²) in [4.78, 5) is 12.4. The third kappa shape index (κ3) is 5.26. The second kappa shape index (κ2) is 9.93. The average Bonchev–Trinajstić information content (AvgIpc) is 3.15. The van der Waals surface area contributed by atoms with Crippen LogP contribution >= 0.6 is 11.8 Å². The topological polar surface area (TPSA) is 69.0 Å². The number of hydrogen-bond donors (Lipinski definition) is 1. The number of amides is 1. The number of nitrogens with zero attached hydrogens (tertiary/aromatic N) is 3. The largest absolute Gasteiger partial charge is 0.497 e. The minimum absolute atomic E-state index is 0.0505. The van der Waals surface area contributed by atoms with Crippen LogP contribution in [0.3, 0.4) is 0 Å². The monoisotopic (exact) mass is 408 g/mol. The molecule has 0 aliphatic rings. The lowest BCUT2D eigenvalue weighted by atomic mass is 10.1. The summed E-state index contributed by atoms with van der Waals surface area (Å²) in [5.41, 5.74) is 2.00. The van der Waals surface area contributed by atoms with E-state index in [-0.39, 0.29) is 17.7 Å². The Labute approximate surface area is 175 Å². The summed E-state index contributed by atoms with van der Waals surface area (Å²) in [6, 6.07) is 17.5. The maximum atomic E-state index is 12.4. The van der Waals surface area contributed by atoms with Crippen LogP contribution in [0.5, 0.6) is 5.75 Å². The number of hydrogen-bond acceptors (Lipinski definition) is 5. The first-order valence-electron chi connectivity index (χ1n) is 9.28. The first-order valence-corrected chi connectivity index (χ1v) is 10.3. The van der Waals surface area contributed by atoms with Crippen LogP contribution < -0.4 is 10.1 Å². The van der Waals surface area contributed by atoms with Crippen molar-refractivity contribution in [2.24, 2.45) is 0 Å². The molecular weight excluding hydrogens is 384 g/mol. The van der Waals surface area contributed by atoms with E-state index >= 15 is 0 Å². The molecule has 6 nitrogen and oxygen atoms in total. The quantitative estimate of drug-likeness (QED) is 0.426. The molecule has 0 saturated carbocycles. The van der Waals surface area contributed by atoms with Gasteiger partial charge in [-0.2, -0.15) is 0 Å². The molecule has 2 aromatic carbocycles. The average molecular weight is 409 g/mol. The number of aromatic nitrogens is 3. The molecule has 3 aromatic rings. The third-order valence-electron chi connectivity index (χ3n) is 4.39. The number of carbonyl (C=O) groups excluding carboxylic acids is 1. The van der Waals surface area contributed by atoms with Crippen LogP contribution in [0, 0.1) is 0 Å². The number of benzene rings is 2. The summed E-state index contributed by atoms with van der Waals surface area (Å²) in [5, 5.41) is 12.3. The minimum atomic E-state index is -0.0507. The van der Waals surface area contributed by atoms with E-state index < -0.39 is 0 Å². The van der Waals surface area contributed by atoms with Gasteiger partial charge in [-0.3, -0.25) is 9.36 Å². The van der Waals surface area contributed by atoms with E-state index in [0.717, 1.165) is 22.7 Å². The summed E-state index contributed by atoms with van der Waals surface area (Å²) in [6.45, 7) is 6.35. The van der Waals surface area contributed by atoms with Gasteiger partial charge in [-0.1, -0.05) is 48.2 Å². The van der Waals surface area contributed by atoms with Crippen molar-refractivity contribution in [1.82, 2.24) is 20.1 Å². The molecular formula is C22H24N4O2S. The molecule has 7 heteroatoms. The number of carbonyl (C=O) groups is 1. The van der Waals surface area contributed by atoms with E-state index in [1.54, 1.807) is 13.2 Å². The Morgan fingerprint density at radius 3 is 2.59 bits per heavy atom. The lowest BCUT2D eigenvalue weighted by Crippen LogP contribution is -2.28. The molecule has 0 saturated heterocycles. The predicted octanol–water partition coefficient (Wildman–Crippen LogP) is 4.11. The van der Waals surface area contributed by atoms with Crippen molar-refractivity contribution in [3.8, 4) is 17.1 Å².